The van der Waals surface area contributed by atoms with Gasteiger partial charge in [0.2, 0.25) is 0 Å². The van der Waals surface area contributed by atoms with E-state index >= 15 is 0 Å². The SMILES string of the molecule is CCCCCCCCCCCCC(N)(N)C(C)N. The summed E-state index contributed by atoms with van der Waals surface area (Å²) in [5.41, 5.74) is 16.9. The lowest BCUT2D eigenvalue weighted by atomic mass is 9.96. The van der Waals surface area contributed by atoms with Crippen molar-refractivity contribution in [1.29, 1.82) is 0 Å². The van der Waals surface area contributed by atoms with E-state index in [0.29, 0.717) is 0 Å². The number of rotatable bonds is 12. The van der Waals surface area contributed by atoms with Gasteiger partial charge >= 0.3 is 0 Å². The van der Waals surface area contributed by atoms with Gasteiger partial charge in [-0.25, -0.2) is 0 Å². The van der Waals surface area contributed by atoms with Gasteiger partial charge in [-0.1, -0.05) is 71.1 Å². The fourth-order valence-corrected chi connectivity index (χ4v) is 2.15. The van der Waals surface area contributed by atoms with Crippen LogP contribution in [0.15, 0.2) is 0 Å². The van der Waals surface area contributed by atoms with Gasteiger partial charge in [0, 0.05) is 6.04 Å². The van der Waals surface area contributed by atoms with Crippen molar-refractivity contribution >= 4 is 0 Å². The maximum atomic E-state index is 5.92. The Kier molecular flexibility index (Phi) is 10.7. The molecule has 0 aromatic heterocycles. The Morgan fingerprint density at radius 1 is 0.778 bits per heavy atom. The molecule has 6 N–H and O–H groups in total. The number of unbranched alkanes of at least 4 members (excludes halogenated alkanes) is 9. The Morgan fingerprint density at radius 3 is 1.56 bits per heavy atom. The molecule has 0 aliphatic rings. The van der Waals surface area contributed by atoms with Crippen molar-refractivity contribution in [2.45, 2.75) is 96.2 Å². The number of hydrogen-bond donors (Lipinski definition) is 3. The van der Waals surface area contributed by atoms with E-state index in [0.717, 1.165) is 12.8 Å². The minimum absolute atomic E-state index is 0.129. The summed E-state index contributed by atoms with van der Waals surface area (Å²) in [6.45, 7) is 4.15. The van der Waals surface area contributed by atoms with E-state index in [1.54, 1.807) is 0 Å². The van der Waals surface area contributed by atoms with Crippen molar-refractivity contribution < 1.29 is 0 Å². The van der Waals surface area contributed by atoms with Gasteiger partial charge < -0.3 is 17.2 Å². The lowest BCUT2D eigenvalue weighted by Crippen LogP contribution is -2.61. The van der Waals surface area contributed by atoms with E-state index in [-0.39, 0.29) is 6.04 Å². The molecule has 1 atom stereocenters. The minimum Gasteiger partial charge on any atom is -0.325 e. The Labute approximate surface area is 114 Å². The minimum atomic E-state index is -0.680. The second-order valence-corrected chi connectivity index (χ2v) is 5.83. The average Bonchev–Trinajstić information content (AvgIpc) is 2.31. The molecular formula is C15H35N3. The van der Waals surface area contributed by atoms with Crippen molar-refractivity contribution in [3.05, 3.63) is 0 Å². The molecule has 0 aliphatic carbocycles. The lowest BCUT2D eigenvalue weighted by molar-refractivity contribution is 0.332. The molecular weight excluding hydrogens is 222 g/mol. The topological polar surface area (TPSA) is 78.1 Å². The average molecular weight is 257 g/mol. The van der Waals surface area contributed by atoms with Gasteiger partial charge in [0.1, 0.15) is 0 Å². The molecule has 0 rings (SSSR count). The highest BCUT2D eigenvalue weighted by Gasteiger charge is 2.22. The van der Waals surface area contributed by atoms with Gasteiger partial charge in [-0.05, 0) is 13.3 Å². The number of hydrogen-bond acceptors (Lipinski definition) is 3. The maximum Gasteiger partial charge on any atom is 0.0789 e. The zero-order valence-corrected chi connectivity index (χ0v) is 12.6. The smallest absolute Gasteiger partial charge is 0.0789 e. The third-order valence-corrected chi connectivity index (χ3v) is 3.81. The molecule has 0 heterocycles. The first kappa shape index (κ1) is 17.9. The Balaban J connectivity index is 3.21. The van der Waals surface area contributed by atoms with Gasteiger partial charge in [0.25, 0.3) is 0 Å². The Hall–Kier alpha value is -0.120. The van der Waals surface area contributed by atoms with Crippen LogP contribution in [0.25, 0.3) is 0 Å². The summed E-state index contributed by atoms with van der Waals surface area (Å²) in [7, 11) is 0. The summed E-state index contributed by atoms with van der Waals surface area (Å²) in [5, 5.41) is 0. The molecule has 0 saturated carbocycles. The van der Waals surface area contributed by atoms with E-state index in [1.165, 1.54) is 57.8 Å². The van der Waals surface area contributed by atoms with Crippen molar-refractivity contribution in [2.24, 2.45) is 17.2 Å². The summed E-state index contributed by atoms with van der Waals surface area (Å²) in [6, 6.07) is -0.129. The molecule has 0 fully saturated rings. The van der Waals surface area contributed by atoms with Crippen LogP contribution in [0.2, 0.25) is 0 Å². The molecule has 0 bridgehead atoms. The normalized spacial score (nSPS) is 13.8. The fourth-order valence-electron chi connectivity index (χ4n) is 2.15. The van der Waals surface area contributed by atoms with E-state index in [2.05, 4.69) is 6.92 Å². The molecule has 0 aromatic carbocycles. The van der Waals surface area contributed by atoms with Crippen LogP contribution in [0.3, 0.4) is 0 Å². The van der Waals surface area contributed by atoms with E-state index < -0.39 is 5.66 Å². The third-order valence-electron chi connectivity index (χ3n) is 3.81. The van der Waals surface area contributed by atoms with Gasteiger partial charge in [0.05, 0.1) is 5.66 Å². The van der Waals surface area contributed by atoms with Crippen LogP contribution >= 0.6 is 0 Å². The van der Waals surface area contributed by atoms with Gasteiger partial charge in [-0.2, -0.15) is 0 Å². The molecule has 0 radical (unpaired) electrons. The first-order valence-electron chi connectivity index (χ1n) is 7.84. The zero-order chi connectivity index (χ0) is 13.9. The van der Waals surface area contributed by atoms with Gasteiger partial charge in [-0.3, -0.25) is 0 Å². The number of nitrogens with two attached hydrogens (primary N) is 3. The molecule has 0 saturated heterocycles. The Bertz CT molecular complexity index is 179. The fraction of sp³-hybridized carbons (Fsp3) is 1.00. The first-order valence-corrected chi connectivity index (χ1v) is 7.84. The van der Waals surface area contributed by atoms with Gasteiger partial charge in [0.15, 0.2) is 0 Å². The highest BCUT2D eigenvalue weighted by Crippen LogP contribution is 2.14. The van der Waals surface area contributed by atoms with E-state index in [1.807, 2.05) is 6.92 Å². The standard InChI is InChI=1S/C15H35N3/c1-3-4-5-6-7-8-9-10-11-12-13-15(17,18)14(2)16/h14H,3-13,16-18H2,1-2H3. The quantitative estimate of drug-likeness (QED) is 0.371. The van der Waals surface area contributed by atoms with Gasteiger partial charge in [-0.15, -0.1) is 0 Å². The van der Waals surface area contributed by atoms with Crippen molar-refractivity contribution in [3.8, 4) is 0 Å². The highest BCUT2D eigenvalue weighted by molar-refractivity contribution is 4.85. The third kappa shape index (κ3) is 9.86. The van der Waals surface area contributed by atoms with Crippen LogP contribution in [-0.2, 0) is 0 Å². The van der Waals surface area contributed by atoms with Crippen molar-refractivity contribution in [3.63, 3.8) is 0 Å². The summed E-state index contributed by atoms with van der Waals surface area (Å²) >= 11 is 0. The summed E-state index contributed by atoms with van der Waals surface area (Å²) in [6.07, 6.45) is 14.2. The second kappa shape index (κ2) is 10.8. The zero-order valence-electron chi connectivity index (χ0n) is 12.6. The van der Waals surface area contributed by atoms with Crippen LogP contribution in [0.4, 0.5) is 0 Å². The second-order valence-electron chi connectivity index (χ2n) is 5.83. The molecule has 0 spiro atoms. The molecule has 0 aromatic rings. The van der Waals surface area contributed by atoms with Crippen LogP contribution in [0, 0.1) is 0 Å². The van der Waals surface area contributed by atoms with E-state index in [4.69, 9.17) is 17.2 Å². The van der Waals surface area contributed by atoms with Crippen molar-refractivity contribution in [2.75, 3.05) is 0 Å². The predicted molar refractivity (Wildman–Crippen MR) is 81.2 cm³/mol. The predicted octanol–water partition coefficient (Wildman–Crippen LogP) is 3.26. The summed E-state index contributed by atoms with van der Waals surface area (Å²) in [4.78, 5) is 0. The Morgan fingerprint density at radius 2 is 1.17 bits per heavy atom. The largest absolute Gasteiger partial charge is 0.325 e. The van der Waals surface area contributed by atoms with Crippen LogP contribution in [0.1, 0.15) is 84.5 Å². The molecule has 3 nitrogen and oxygen atoms in total. The molecule has 110 valence electrons. The van der Waals surface area contributed by atoms with Crippen molar-refractivity contribution in [1.82, 2.24) is 0 Å². The summed E-state index contributed by atoms with van der Waals surface area (Å²) < 4.78 is 0. The first-order chi connectivity index (χ1) is 8.50. The monoisotopic (exact) mass is 257 g/mol. The maximum absolute atomic E-state index is 5.92. The van der Waals surface area contributed by atoms with Crippen LogP contribution in [0.5, 0.6) is 0 Å². The molecule has 1 unspecified atom stereocenters. The molecule has 18 heavy (non-hydrogen) atoms. The molecule has 0 amide bonds. The molecule has 0 aliphatic heterocycles. The van der Waals surface area contributed by atoms with Crippen LogP contribution < -0.4 is 17.2 Å². The highest BCUT2D eigenvalue weighted by atomic mass is 15.0. The molecule has 3 heteroatoms. The van der Waals surface area contributed by atoms with E-state index in [9.17, 15) is 0 Å². The van der Waals surface area contributed by atoms with Crippen LogP contribution in [-0.4, -0.2) is 11.7 Å². The lowest BCUT2D eigenvalue weighted by Gasteiger charge is -2.28. The summed E-state index contributed by atoms with van der Waals surface area (Å²) in [5.74, 6) is 0.